The third-order valence-corrected chi connectivity index (χ3v) is 6.63. The number of carbonyl (C=O) groups is 1. The van der Waals surface area contributed by atoms with Crippen molar-refractivity contribution in [3.8, 4) is 0 Å². The second-order valence-electron chi connectivity index (χ2n) is 6.50. The molecule has 27 heavy (non-hydrogen) atoms. The molecule has 1 atom stereocenters. The summed E-state index contributed by atoms with van der Waals surface area (Å²) in [6.07, 6.45) is 4.43. The van der Waals surface area contributed by atoms with Crippen LogP contribution in [0.2, 0.25) is 0 Å². The van der Waals surface area contributed by atoms with Crippen molar-refractivity contribution < 1.29 is 9.53 Å². The van der Waals surface area contributed by atoms with Crippen molar-refractivity contribution in [3.05, 3.63) is 33.4 Å². The van der Waals surface area contributed by atoms with Crippen molar-refractivity contribution in [2.45, 2.75) is 50.9 Å². The SMILES string of the molecule is C=CCNC(=O)CSc1nc2sc(C)c(CC)c2c(=O)n1CC1CCCO1. The number of thiophene rings is 1. The van der Waals surface area contributed by atoms with Gasteiger partial charge in [0, 0.05) is 18.0 Å². The van der Waals surface area contributed by atoms with Crippen LogP contribution in [0, 0.1) is 6.92 Å². The number of carbonyl (C=O) groups excluding carboxylic acids is 1. The average Bonchev–Trinajstić information content (AvgIpc) is 3.27. The minimum Gasteiger partial charge on any atom is -0.376 e. The molecule has 3 rings (SSSR count). The number of hydrogen-bond donors (Lipinski definition) is 1. The molecule has 6 nitrogen and oxygen atoms in total. The number of hydrogen-bond acceptors (Lipinski definition) is 6. The summed E-state index contributed by atoms with van der Waals surface area (Å²) in [6.45, 7) is 9.33. The maximum Gasteiger partial charge on any atom is 0.263 e. The summed E-state index contributed by atoms with van der Waals surface area (Å²) in [5, 5.41) is 4.06. The van der Waals surface area contributed by atoms with Crippen molar-refractivity contribution >= 4 is 39.2 Å². The lowest BCUT2D eigenvalue weighted by Gasteiger charge is -2.16. The van der Waals surface area contributed by atoms with E-state index >= 15 is 0 Å². The second-order valence-corrected chi connectivity index (χ2v) is 8.64. The van der Waals surface area contributed by atoms with E-state index in [1.54, 1.807) is 22.0 Å². The first kappa shape index (κ1) is 20.1. The molecular formula is C19H25N3O3S2. The molecule has 0 aliphatic carbocycles. The summed E-state index contributed by atoms with van der Waals surface area (Å²) < 4.78 is 7.44. The van der Waals surface area contributed by atoms with Crippen LogP contribution in [0.25, 0.3) is 10.2 Å². The van der Waals surface area contributed by atoms with Gasteiger partial charge in [0.15, 0.2) is 5.16 Å². The number of rotatable bonds is 8. The zero-order valence-corrected chi connectivity index (χ0v) is 17.4. The zero-order valence-electron chi connectivity index (χ0n) is 15.7. The van der Waals surface area contributed by atoms with Gasteiger partial charge in [-0.1, -0.05) is 24.8 Å². The van der Waals surface area contributed by atoms with Crippen LogP contribution in [0.3, 0.4) is 0 Å². The molecule has 1 unspecified atom stereocenters. The van der Waals surface area contributed by atoms with Gasteiger partial charge in [0.2, 0.25) is 5.91 Å². The van der Waals surface area contributed by atoms with Crippen molar-refractivity contribution in [2.24, 2.45) is 0 Å². The van der Waals surface area contributed by atoms with Gasteiger partial charge in [-0.05, 0) is 31.7 Å². The fraction of sp³-hybridized carbons (Fsp3) is 0.526. The summed E-state index contributed by atoms with van der Waals surface area (Å²) in [7, 11) is 0. The number of fused-ring (bicyclic) bond motifs is 1. The fourth-order valence-corrected chi connectivity index (χ4v) is 5.28. The lowest BCUT2D eigenvalue weighted by molar-refractivity contribution is -0.118. The average molecular weight is 408 g/mol. The summed E-state index contributed by atoms with van der Waals surface area (Å²) in [4.78, 5) is 31.9. The van der Waals surface area contributed by atoms with Crippen molar-refractivity contribution in [1.82, 2.24) is 14.9 Å². The van der Waals surface area contributed by atoms with Crippen LogP contribution in [0.4, 0.5) is 0 Å². The summed E-state index contributed by atoms with van der Waals surface area (Å²) in [5.41, 5.74) is 1.06. The maximum absolute atomic E-state index is 13.3. The maximum atomic E-state index is 13.3. The van der Waals surface area contributed by atoms with Crippen LogP contribution in [-0.4, -0.2) is 40.5 Å². The predicted octanol–water partition coefficient (Wildman–Crippen LogP) is 2.90. The van der Waals surface area contributed by atoms with E-state index in [0.717, 1.165) is 46.5 Å². The molecule has 3 heterocycles. The van der Waals surface area contributed by atoms with E-state index in [4.69, 9.17) is 9.72 Å². The molecule has 0 bridgehead atoms. The monoisotopic (exact) mass is 407 g/mol. The smallest absolute Gasteiger partial charge is 0.263 e. The van der Waals surface area contributed by atoms with Gasteiger partial charge in [0.25, 0.3) is 5.56 Å². The molecule has 0 aromatic carbocycles. The topological polar surface area (TPSA) is 73.2 Å². The molecule has 1 N–H and O–H groups in total. The van der Waals surface area contributed by atoms with Gasteiger partial charge in [0.05, 0.1) is 23.8 Å². The molecule has 1 fully saturated rings. The Bertz CT molecular complexity index is 898. The number of aryl methyl sites for hydroxylation is 2. The van der Waals surface area contributed by atoms with E-state index in [9.17, 15) is 9.59 Å². The fourth-order valence-electron chi connectivity index (χ4n) is 3.29. The first-order valence-electron chi connectivity index (χ1n) is 9.20. The Morgan fingerprint density at radius 2 is 2.37 bits per heavy atom. The molecule has 0 spiro atoms. The molecule has 2 aromatic rings. The minimum absolute atomic E-state index is 0.0225. The summed E-state index contributed by atoms with van der Waals surface area (Å²) in [6, 6.07) is 0. The van der Waals surface area contributed by atoms with Crippen molar-refractivity contribution in [3.63, 3.8) is 0 Å². The lowest BCUT2D eigenvalue weighted by atomic mass is 10.1. The Morgan fingerprint density at radius 1 is 1.56 bits per heavy atom. The van der Waals surface area contributed by atoms with Gasteiger partial charge >= 0.3 is 0 Å². The highest BCUT2D eigenvalue weighted by atomic mass is 32.2. The molecular weight excluding hydrogens is 382 g/mol. The standard InChI is InChI=1S/C19H25N3O3S2/c1-4-8-20-15(23)11-26-19-21-17-16(14(5-2)12(3)27-17)18(24)22(19)10-13-7-6-9-25-13/h4,13H,1,5-11H2,2-3H3,(H,20,23). The van der Waals surface area contributed by atoms with Gasteiger partial charge in [-0.15, -0.1) is 17.9 Å². The van der Waals surface area contributed by atoms with Gasteiger partial charge in [-0.25, -0.2) is 4.98 Å². The number of aromatic nitrogens is 2. The quantitative estimate of drug-likeness (QED) is 0.414. The third-order valence-electron chi connectivity index (χ3n) is 4.62. The van der Waals surface area contributed by atoms with Gasteiger partial charge in [-0.2, -0.15) is 0 Å². The number of ether oxygens (including phenoxy) is 1. The Balaban J connectivity index is 1.97. The van der Waals surface area contributed by atoms with E-state index in [1.165, 1.54) is 11.8 Å². The molecule has 146 valence electrons. The van der Waals surface area contributed by atoms with Crippen LogP contribution >= 0.6 is 23.1 Å². The molecule has 2 aromatic heterocycles. The molecule has 1 aliphatic heterocycles. The van der Waals surface area contributed by atoms with Crippen molar-refractivity contribution in [1.29, 1.82) is 0 Å². The van der Waals surface area contributed by atoms with E-state index in [2.05, 4.69) is 18.8 Å². The zero-order chi connectivity index (χ0) is 19.4. The van der Waals surface area contributed by atoms with Crippen LogP contribution < -0.4 is 10.9 Å². The summed E-state index contributed by atoms with van der Waals surface area (Å²) >= 11 is 2.85. The number of nitrogens with one attached hydrogen (secondary N) is 1. The Hall–Kier alpha value is -1.64. The van der Waals surface area contributed by atoms with Crippen LogP contribution in [0.15, 0.2) is 22.6 Å². The minimum atomic E-state index is -0.102. The Labute approximate surface area is 167 Å². The lowest BCUT2D eigenvalue weighted by Crippen LogP contribution is -2.30. The van der Waals surface area contributed by atoms with Gasteiger partial charge in [-0.3, -0.25) is 14.2 Å². The number of thioether (sulfide) groups is 1. The van der Waals surface area contributed by atoms with Crippen LogP contribution in [0.1, 0.15) is 30.2 Å². The van der Waals surface area contributed by atoms with Crippen molar-refractivity contribution in [2.75, 3.05) is 18.9 Å². The van der Waals surface area contributed by atoms with E-state index in [0.29, 0.717) is 18.2 Å². The van der Waals surface area contributed by atoms with Crippen LogP contribution in [0.5, 0.6) is 0 Å². The first-order chi connectivity index (χ1) is 13.0. The highest BCUT2D eigenvalue weighted by Crippen LogP contribution is 2.30. The molecule has 0 saturated carbocycles. The van der Waals surface area contributed by atoms with Crippen LogP contribution in [-0.2, 0) is 22.5 Å². The highest BCUT2D eigenvalue weighted by molar-refractivity contribution is 7.99. The van der Waals surface area contributed by atoms with Gasteiger partial charge < -0.3 is 10.1 Å². The Morgan fingerprint density at radius 3 is 3.04 bits per heavy atom. The highest BCUT2D eigenvalue weighted by Gasteiger charge is 2.23. The molecule has 1 saturated heterocycles. The summed E-state index contributed by atoms with van der Waals surface area (Å²) in [5.74, 6) is 0.108. The second kappa shape index (κ2) is 9.03. The largest absolute Gasteiger partial charge is 0.376 e. The molecule has 1 amide bonds. The predicted molar refractivity (Wildman–Crippen MR) is 111 cm³/mol. The molecule has 0 radical (unpaired) electrons. The normalized spacial score (nSPS) is 16.7. The Kier molecular flexibility index (Phi) is 6.73. The first-order valence-corrected chi connectivity index (χ1v) is 11.0. The molecule has 1 aliphatic rings. The van der Waals surface area contributed by atoms with E-state index in [1.807, 2.05) is 6.92 Å². The number of nitrogens with zero attached hydrogens (tertiary/aromatic N) is 2. The van der Waals surface area contributed by atoms with E-state index < -0.39 is 0 Å². The molecule has 8 heteroatoms. The third kappa shape index (κ3) is 4.44. The van der Waals surface area contributed by atoms with Gasteiger partial charge in [0.1, 0.15) is 4.83 Å². The van der Waals surface area contributed by atoms with E-state index in [-0.39, 0.29) is 23.3 Å². The number of amides is 1.